The lowest BCUT2D eigenvalue weighted by atomic mass is 9.89. The van der Waals surface area contributed by atoms with E-state index in [2.05, 4.69) is 5.32 Å². The van der Waals surface area contributed by atoms with Gasteiger partial charge in [-0.05, 0) is 74.7 Å². The van der Waals surface area contributed by atoms with E-state index >= 15 is 0 Å². The molecule has 0 unspecified atom stereocenters. The summed E-state index contributed by atoms with van der Waals surface area (Å²) in [5.41, 5.74) is 4.77. The summed E-state index contributed by atoms with van der Waals surface area (Å²) in [4.78, 5) is 32.7. The Hall–Kier alpha value is -3.67. The van der Waals surface area contributed by atoms with Gasteiger partial charge in [0.05, 0.1) is 18.4 Å². The molecule has 0 aliphatic carbocycles. The summed E-state index contributed by atoms with van der Waals surface area (Å²) in [6.45, 7) is 5.17. The van der Waals surface area contributed by atoms with Crippen LogP contribution in [-0.4, -0.2) is 41.9 Å². The lowest BCUT2D eigenvalue weighted by Crippen LogP contribution is -2.38. The van der Waals surface area contributed by atoms with E-state index < -0.39 is 0 Å². The van der Waals surface area contributed by atoms with Crippen molar-refractivity contribution in [2.24, 2.45) is 0 Å². The van der Waals surface area contributed by atoms with Crippen LogP contribution >= 0.6 is 0 Å². The number of anilines is 1. The molecule has 6 nitrogen and oxygen atoms in total. The van der Waals surface area contributed by atoms with Gasteiger partial charge in [0.15, 0.2) is 0 Å². The Labute approximate surface area is 194 Å². The van der Waals surface area contributed by atoms with E-state index in [1.807, 2.05) is 73.3 Å². The molecule has 2 heterocycles. The second-order valence-electron chi connectivity index (χ2n) is 8.51. The van der Waals surface area contributed by atoms with Crippen LogP contribution in [0.4, 0.5) is 5.69 Å². The molecule has 170 valence electrons. The number of nitrogens with one attached hydrogen (secondary N) is 1. The number of hydrogen-bond acceptors (Lipinski definition) is 4. The second kappa shape index (κ2) is 9.86. The fraction of sp³-hybridized carbons (Fsp3) is 0.296. The van der Waals surface area contributed by atoms with Gasteiger partial charge in [-0.1, -0.05) is 18.2 Å². The van der Waals surface area contributed by atoms with E-state index in [-0.39, 0.29) is 17.7 Å². The molecule has 1 aromatic heterocycles. The van der Waals surface area contributed by atoms with Crippen LogP contribution < -0.4 is 10.1 Å². The van der Waals surface area contributed by atoms with E-state index in [0.717, 1.165) is 35.5 Å². The Morgan fingerprint density at radius 2 is 1.76 bits per heavy atom. The maximum atomic E-state index is 13.1. The van der Waals surface area contributed by atoms with Gasteiger partial charge in [0.2, 0.25) is 0 Å². The summed E-state index contributed by atoms with van der Waals surface area (Å²) in [5.74, 6) is 0.640. The van der Waals surface area contributed by atoms with Crippen molar-refractivity contribution in [3.63, 3.8) is 0 Å². The van der Waals surface area contributed by atoms with Crippen molar-refractivity contribution in [2.45, 2.75) is 32.6 Å². The number of methoxy groups -OCH3 is 1. The Bertz CT molecular complexity index is 1170. The molecule has 0 spiro atoms. The number of piperidine rings is 1. The SMILES string of the molecule is COc1cccc(C(=O)N2CCC(c3nc(C)ccc3C(=O)Nc3cccc(C)c3)CC2)c1. The Morgan fingerprint density at radius 3 is 2.48 bits per heavy atom. The number of rotatable bonds is 5. The minimum absolute atomic E-state index is 0.00182. The monoisotopic (exact) mass is 443 g/mol. The molecule has 33 heavy (non-hydrogen) atoms. The van der Waals surface area contributed by atoms with Gasteiger partial charge < -0.3 is 15.0 Å². The molecule has 0 saturated carbocycles. The topological polar surface area (TPSA) is 71.5 Å². The Balaban J connectivity index is 1.48. The second-order valence-corrected chi connectivity index (χ2v) is 8.51. The van der Waals surface area contributed by atoms with E-state index in [0.29, 0.717) is 30.0 Å². The van der Waals surface area contributed by atoms with E-state index in [1.165, 1.54) is 0 Å². The third kappa shape index (κ3) is 5.22. The summed E-state index contributed by atoms with van der Waals surface area (Å²) >= 11 is 0. The molecule has 1 saturated heterocycles. The van der Waals surface area contributed by atoms with Gasteiger partial charge >= 0.3 is 0 Å². The first-order valence-electron chi connectivity index (χ1n) is 11.2. The van der Waals surface area contributed by atoms with Gasteiger partial charge in [-0.25, -0.2) is 0 Å². The van der Waals surface area contributed by atoms with Crippen LogP contribution in [0.3, 0.4) is 0 Å². The van der Waals surface area contributed by atoms with Crippen LogP contribution in [0.1, 0.15) is 56.4 Å². The van der Waals surface area contributed by atoms with Crippen molar-refractivity contribution in [1.82, 2.24) is 9.88 Å². The molecule has 4 rings (SSSR count). The zero-order valence-corrected chi connectivity index (χ0v) is 19.3. The van der Waals surface area contributed by atoms with Crippen LogP contribution in [-0.2, 0) is 0 Å². The normalized spacial score (nSPS) is 14.1. The number of hydrogen-bond donors (Lipinski definition) is 1. The Morgan fingerprint density at radius 1 is 1.00 bits per heavy atom. The standard InChI is InChI=1S/C27H29N3O3/c1-18-6-4-8-22(16-18)29-26(31)24-11-10-19(2)28-25(24)20-12-14-30(15-13-20)27(32)21-7-5-9-23(17-21)33-3/h4-11,16-17,20H,12-15H2,1-3H3,(H,29,31). The third-order valence-corrected chi connectivity index (χ3v) is 6.07. The largest absolute Gasteiger partial charge is 0.497 e. The fourth-order valence-electron chi connectivity index (χ4n) is 4.30. The van der Waals surface area contributed by atoms with Crippen molar-refractivity contribution in [2.75, 3.05) is 25.5 Å². The zero-order chi connectivity index (χ0) is 23.4. The lowest BCUT2D eigenvalue weighted by Gasteiger charge is -2.32. The van der Waals surface area contributed by atoms with Crippen molar-refractivity contribution >= 4 is 17.5 Å². The summed E-state index contributed by atoms with van der Waals surface area (Å²) in [7, 11) is 1.59. The van der Waals surface area contributed by atoms with Crippen LogP contribution in [0.5, 0.6) is 5.75 Å². The van der Waals surface area contributed by atoms with E-state index in [9.17, 15) is 9.59 Å². The van der Waals surface area contributed by atoms with Gasteiger partial charge in [0.25, 0.3) is 11.8 Å². The van der Waals surface area contributed by atoms with Crippen LogP contribution in [0.25, 0.3) is 0 Å². The number of carbonyl (C=O) groups is 2. The zero-order valence-electron chi connectivity index (χ0n) is 19.3. The highest BCUT2D eigenvalue weighted by Gasteiger charge is 2.28. The van der Waals surface area contributed by atoms with Crippen LogP contribution in [0.2, 0.25) is 0 Å². The average molecular weight is 444 g/mol. The van der Waals surface area contributed by atoms with Crippen molar-refractivity contribution in [3.8, 4) is 5.75 Å². The Kier molecular flexibility index (Phi) is 6.73. The number of ether oxygens (including phenoxy) is 1. The first kappa shape index (κ1) is 22.5. The van der Waals surface area contributed by atoms with Crippen LogP contribution in [0, 0.1) is 13.8 Å². The molecule has 1 aliphatic rings. The number of aryl methyl sites for hydroxylation is 2. The molecule has 0 bridgehead atoms. The number of carbonyl (C=O) groups excluding carboxylic acids is 2. The van der Waals surface area contributed by atoms with Gasteiger partial charge in [-0.15, -0.1) is 0 Å². The predicted octanol–water partition coefficient (Wildman–Crippen LogP) is 4.98. The molecule has 0 atom stereocenters. The average Bonchev–Trinajstić information content (AvgIpc) is 2.83. The summed E-state index contributed by atoms with van der Waals surface area (Å²) < 4.78 is 5.25. The molecule has 1 N–H and O–H groups in total. The van der Waals surface area contributed by atoms with Gasteiger partial charge in [-0.3, -0.25) is 14.6 Å². The van der Waals surface area contributed by atoms with Crippen molar-refractivity contribution in [1.29, 1.82) is 0 Å². The predicted molar refractivity (Wildman–Crippen MR) is 129 cm³/mol. The lowest BCUT2D eigenvalue weighted by molar-refractivity contribution is 0.0710. The third-order valence-electron chi connectivity index (χ3n) is 6.07. The quantitative estimate of drug-likeness (QED) is 0.604. The summed E-state index contributed by atoms with van der Waals surface area (Å²) in [6.07, 6.45) is 1.52. The molecule has 2 aromatic carbocycles. The maximum Gasteiger partial charge on any atom is 0.257 e. The first-order chi connectivity index (χ1) is 15.9. The van der Waals surface area contributed by atoms with Gasteiger partial charge in [0, 0.05) is 36.0 Å². The minimum Gasteiger partial charge on any atom is -0.497 e. The number of nitrogens with zero attached hydrogens (tertiary/aromatic N) is 2. The molecule has 2 amide bonds. The molecule has 0 radical (unpaired) electrons. The summed E-state index contributed by atoms with van der Waals surface area (Å²) in [5, 5.41) is 3.00. The minimum atomic E-state index is -0.155. The van der Waals surface area contributed by atoms with Crippen LogP contribution in [0.15, 0.2) is 60.7 Å². The maximum absolute atomic E-state index is 13.1. The first-order valence-corrected chi connectivity index (χ1v) is 11.2. The van der Waals surface area contributed by atoms with E-state index in [1.54, 1.807) is 13.2 Å². The van der Waals surface area contributed by atoms with Gasteiger partial charge in [0.1, 0.15) is 5.75 Å². The molecular weight excluding hydrogens is 414 g/mol. The number of benzene rings is 2. The van der Waals surface area contributed by atoms with Gasteiger partial charge in [-0.2, -0.15) is 0 Å². The molecular formula is C27H29N3O3. The molecule has 1 aliphatic heterocycles. The molecule has 1 fully saturated rings. The van der Waals surface area contributed by atoms with Crippen molar-refractivity contribution < 1.29 is 14.3 Å². The highest BCUT2D eigenvalue weighted by atomic mass is 16.5. The molecule has 3 aromatic rings. The van der Waals surface area contributed by atoms with E-state index in [4.69, 9.17) is 9.72 Å². The summed E-state index contributed by atoms with van der Waals surface area (Å²) in [6, 6.07) is 18.7. The highest BCUT2D eigenvalue weighted by Crippen LogP contribution is 2.31. The number of pyridine rings is 1. The highest BCUT2D eigenvalue weighted by molar-refractivity contribution is 6.05. The number of aromatic nitrogens is 1. The smallest absolute Gasteiger partial charge is 0.257 e. The molecule has 6 heteroatoms. The van der Waals surface area contributed by atoms with Crippen molar-refractivity contribution in [3.05, 3.63) is 88.7 Å². The fourth-order valence-corrected chi connectivity index (χ4v) is 4.30. The number of likely N-dealkylation sites (tertiary alicyclic amines) is 1. The number of amides is 2.